The highest BCUT2D eigenvalue weighted by Gasteiger charge is 2.48. The smallest absolute Gasteiger partial charge is 0.233 e. The van der Waals surface area contributed by atoms with Gasteiger partial charge in [-0.1, -0.05) is 50.6 Å². The maximum Gasteiger partial charge on any atom is 0.233 e. The number of hydrogen-bond donors (Lipinski definition) is 1. The molecule has 0 aromatic heterocycles. The molecular formula is C18H27NO2. The average Bonchev–Trinajstić information content (AvgIpc) is 2.47. The zero-order valence-electron chi connectivity index (χ0n) is 13.2. The van der Waals surface area contributed by atoms with Crippen LogP contribution >= 0.6 is 0 Å². The summed E-state index contributed by atoms with van der Waals surface area (Å²) in [5.74, 6) is 0.211. The van der Waals surface area contributed by atoms with Gasteiger partial charge >= 0.3 is 0 Å². The number of amides is 1. The molecule has 1 aromatic carbocycles. The van der Waals surface area contributed by atoms with Gasteiger partial charge in [-0.3, -0.25) is 4.79 Å². The second-order valence-corrected chi connectivity index (χ2v) is 5.99. The lowest BCUT2D eigenvalue weighted by atomic mass is 9.63. The minimum absolute atomic E-state index is 0.0348. The Labute approximate surface area is 128 Å². The molecular weight excluding hydrogens is 262 g/mol. The second-order valence-electron chi connectivity index (χ2n) is 5.99. The SMILES string of the molecule is CCC(CC)N(CCO)C(=O)C1(c2ccccc2)CCC1. The number of aliphatic hydroxyl groups is 1. The molecule has 0 radical (unpaired) electrons. The Morgan fingerprint density at radius 2 is 1.86 bits per heavy atom. The van der Waals surface area contributed by atoms with Crippen LogP contribution in [0.5, 0.6) is 0 Å². The lowest BCUT2D eigenvalue weighted by molar-refractivity contribution is -0.144. The Kier molecular flexibility index (Phi) is 5.40. The molecule has 1 saturated carbocycles. The fourth-order valence-electron chi connectivity index (χ4n) is 3.48. The number of aliphatic hydroxyl groups excluding tert-OH is 1. The van der Waals surface area contributed by atoms with Crippen LogP contribution in [0, 0.1) is 0 Å². The standard InChI is InChI=1S/C18H27NO2/c1-3-16(4-2)19(13-14-20)17(21)18(11-8-12-18)15-9-6-5-7-10-15/h5-7,9-10,16,20H,3-4,8,11-14H2,1-2H3. The summed E-state index contributed by atoms with van der Waals surface area (Å²) in [4.78, 5) is 15.1. The first-order valence-electron chi connectivity index (χ1n) is 8.17. The topological polar surface area (TPSA) is 40.5 Å². The third-order valence-corrected chi connectivity index (χ3v) is 4.93. The molecule has 1 amide bonds. The van der Waals surface area contributed by atoms with Crippen molar-refractivity contribution < 1.29 is 9.90 Å². The number of carbonyl (C=O) groups excluding carboxylic acids is 1. The van der Waals surface area contributed by atoms with Gasteiger partial charge in [-0.05, 0) is 31.2 Å². The third-order valence-electron chi connectivity index (χ3n) is 4.93. The summed E-state index contributed by atoms with van der Waals surface area (Å²) in [6.07, 6.45) is 4.84. The van der Waals surface area contributed by atoms with Gasteiger partial charge < -0.3 is 10.0 Å². The molecule has 0 aliphatic heterocycles. The highest BCUT2D eigenvalue weighted by molar-refractivity contribution is 5.89. The van der Waals surface area contributed by atoms with Gasteiger partial charge in [-0.25, -0.2) is 0 Å². The monoisotopic (exact) mass is 289 g/mol. The van der Waals surface area contributed by atoms with Crippen LogP contribution in [0.25, 0.3) is 0 Å². The number of benzene rings is 1. The van der Waals surface area contributed by atoms with Crippen LogP contribution in [0.4, 0.5) is 0 Å². The molecule has 0 bridgehead atoms. The zero-order valence-corrected chi connectivity index (χ0v) is 13.2. The third kappa shape index (κ3) is 2.98. The molecule has 0 atom stereocenters. The van der Waals surface area contributed by atoms with E-state index in [0.717, 1.165) is 37.7 Å². The van der Waals surface area contributed by atoms with Crippen LogP contribution < -0.4 is 0 Å². The Bertz CT molecular complexity index is 450. The first-order valence-corrected chi connectivity index (χ1v) is 8.17. The average molecular weight is 289 g/mol. The van der Waals surface area contributed by atoms with E-state index in [9.17, 15) is 9.90 Å². The summed E-state index contributed by atoms with van der Waals surface area (Å²) < 4.78 is 0. The first-order chi connectivity index (χ1) is 10.2. The van der Waals surface area contributed by atoms with Gasteiger partial charge in [0.05, 0.1) is 12.0 Å². The van der Waals surface area contributed by atoms with E-state index in [0.29, 0.717) is 6.54 Å². The summed E-state index contributed by atoms with van der Waals surface area (Å²) in [5.41, 5.74) is 0.786. The van der Waals surface area contributed by atoms with Crippen molar-refractivity contribution in [2.24, 2.45) is 0 Å². The van der Waals surface area contributed by atoms with Crippen molar-refractivity contribution in [2.45, 2.75) is 57.4 Å². The first kappa shape index (κ1) is 16.0. The number of rotatable bonds is 7. The molecule has 0 unspecified atom stereocenters. The van der Waals surface area contributed by atoms with Crippen molar-refractivity contribution in [3.8, 4) is 0 Å². The van der Waals surface area contributed by atoms with Gasteiger partial charge in [0.25, 0.3) is 0 Å². The fourth-order valence-corrected chi connectivity index (χ4v) is 3.48. The molecule has 1 aromatic rings. The molecule has 0 saturated heterocycles. The molecule has 1 fully saturated rings. The highest BCUT2D eigenvalue weighted by Crippen LogP contribution is 2.45. The van der Waals surface area contributed by atoms with E-state index in [-0.39, 0.29) is 24.0 Å². The minimum Gasteiger partial charge on any atom is -0.395 e. The Hall–Kier alpha value is -1.35. The van der Waals surface area contributed by atoms with E-state index in [4.69, 9.17) is 0 Å². The Morgan fingerprint density at radius 3 is 2.29 bits per heavy atom. The summed E-state index contributed by atoms with van der Waals surface area (Å²) in [7, 11) is 0. The fraction of sp³-hybridized carbons (Fsp3) is 0.611. The predicted molar refractivity (Wildman–Crippen MR) is 85.1 cm³/mol. The molecule has 21 heavy (non-hydrogen) atoms. The zero-order chi connectivity index (χ0) is 15.3. The number of hydrogen-bond acceptors (Lipinski definition) is 2. The van der Waals surface area contributed by atoms with Crippen LogP contribution in [-0.4, -0.2) is 35.1 Å². The molecule has 1 N–H and O–H groups in total. The van der Waals surface area contributed by atoms with Crippen LogP contribution in [-0.2, 0) is 10.2 Å². The second kappa shape index (κ2) is 7.08. The van der Waals surface area contributed by atoms with E-state index in [1.165, 1.54) is 0 Å². The summed E-state index contributed by atoms with van der Waals surface area (Å²) in [5, 5.41) is 9.36. The van der Waals surface area contributed by atoms with Gasteiger partial charge in [0.2, 0.25) is 5.91 Å². The quantitative estimate of drug-likeness (QED) is 0.838. The van der Waals surface area contributed by atoms with E-state index >= 15 is 0 Å². The van der Waals surface area contributed by atoms with Crippen LogP contribution in [0.15, 0.2) is 30.3 Å². The van der Waals surface area contributed by atoms with Gasteiger partial charge in [0.1, 0.15) is 0 Å². The van der Waals surface area contributed by atoms with E-state index in [2.05, 4.69) is 26.0 Å². The van der Waals surface area contributed by atoms with Crippen molar-refractivity contribution in [1.82, 2.24) is 4.90 Å². The van der Waals surface area contributed by atoms with E-state index < -0.39 is 0 Å². The predicted octanol–water partition coefficient (Wildman–Crippen LogP) is 3.12. The molecule has 0 spiro atoms. The van der Waals surface area contributed by atoms with Crippen LogP contribution in [0.3, 0.4) is 0 Å². The van der Waals surface area contributed by atoms with Crippen LogP contribution in [0.2, 0.25) is 0 Å². The summed E-state index contributed by atoms with van der Waals surface area (Å²) in [6.45, 7) is 4.70. The Morgan fingerprint density at radius 1 is 1.24 bits per heavy atom. The van der Waals surface area contributed by atoms with Crippen molar-refractivity contribution in [2.75, 3.05) is 13.2 Å². The maximum absolute atomic E-state index is 13.2. The molecule has 1 aliphatic rings. The molecule has 3 heteroatoms. The molecule has 0 heterocycles. The number of nitrogens with zero attached hydrogens (tertiary/aromatic N) is 1. The maximum atomic E-state index is 13.2. The van der Waals surface area contributed by atoms with Gasteiger partial charge in [0.15, 0.2) is 0 Å². The molecule has 1 aliphatic carbocycles. The van der Waals surface area contributed by atoms with E-state index in [1.807, 2.05) is 23.1 Å². The molecule has 2 rings (SSSR count). The Balaban J connectivity index is 2.29. The van der Waals surface area contributed by atoms with Crippen molar-refractivity contribution >= 4 is 5.91 Å². The molecule has 116 valence electrons. The number of carbonyl (C=O) groups is 1. The lowest BCUT2D eigenvalue weighted by Gasteiger charge is -2.46. The van der Waals surface area contributed by atoms with Crippen molar-refractivity contribution in [1.29, 1.82) is 0 Å². The summed E-state index contributed by atoms with van der Waals surface area (Å²) in [6, 6.07) is 10.4. The van der Waals surface area contributed by atoms with Gasteiger partial charge in [0, 0.05) is 12.6 Å². The van der Waals surface area contributed by atoms with Crippen LogP contribution in [0.1, 0.15) is 51.5 Å². The summed E-state index contributed by atoms with van der Waals surface area (Å²) >= 11 is 0. The largest absolute Gasteiger partial charge is 0.395 e. The minimum atomic E-state index is -0.348. The van der Waals surface area contributed by atoms with E-state index in [1.54, 1.807) is 0 Å². The van der Waals surface area contributed by atoms with Crippen molar-refractivity contribution in [3.63, 3.8) is 0 Å². The normalized spacial score (nSPS) is 16.6. The van der Waals surface area contributed by atoms with Gasteiger partial charge in [-0.2, -0.15) is 0 Å². The highest BCUT2D eigenvalue weighted by atomic mass is 16.3. The lowest BCUT2D eigenvalue weighted by Crippen LogP contribution is -2.54. The molecule has 3 nitrogen and oxygen atoms in total. The van der Waals surface area contributed by atoms with Crippen molar-refractivity contribution in [3.05, 3.63) is 35.9 Å². The van der Waals surface area contributed by atoms with Gasteiger partial charge in [-0.15, -0.1) is 0 Å².